The number of carbonyl (C=O) groups excluding carboxylic acids is 1. The molecule has 162 valence electrons. The Hall–Kier alpha value is -2.86. The van der Waals surface area contributed by atoms with Crippen LogP contribution in [0.2, 0.25) is 0 Å². The number of carbonyl (C=O) groups is 1. The highest BCUT2D eigenvalue weighted by atomic mass is 16.3. The first-order chi connectivity index (χ1) is 15.0. The summed E-state index contributed by atoms with van der Waals surface area (Å²) < 4.78 is 0. The fourth-order valence-electron chi connectivity index (χ4n) is 5.12. The molecule has 0 radical (unpaired) electrons. The van der Waals surface area contributed by atoms with E-state index in [1.165, 1.54) is 5.69 Å². The van der Waals surface area contributed by atoms with Crippen molar-refractivity contribution in [2.75, 3.05) is 18.0 Å². The molecule has 1 aliphatic heterocycles. The lowest BCUT2D eigenvalue weighted by Gasteiger charge is -2.40. The van der Waals surface area contributed by atoms with Gasteiger partial charge in [0.25, 0.3) is 0 Å². The number of hydrogen-bond donors (Lipinski definition) is 3. The average molecular weight is 419 g/mol. The number of pyridine rings is 1. The molecule has 1 saturated carbocycles. The van der Waals surface area contributed by atoms with Crippen molar-refractivity contribution in [2.24, 2.45) is 11.3 Å². The first-order valence-electron chi connectivity index (χ1n) is 11.2. The molecule has 3 N–H and O–H groups in total. The number of aryl methyl sites for hydroxylation is 1. The molecule has 31 heavy (non-hydrogen) atoms. The summed E-state index contributed by atoms with van der Waals surface area (Å²) in [4.78, 5) is 23.2. The molecule has 2 aromatic heterocycles. The molecular weight excluding hydrogens is 388 g/mol. The molecule has 3 atom stereocenters. The van der Waals surface area contributed by atoms with Gasteiger partial charge in [0.15, 0.2) is 0 Å². The van der Waals surface area contributed by atoms with Gasteiger partial charge in [-0.25, -0.2) is 4.98 Å². The number of H-pyrrole nitrogens is 1. The van der Waals surface area contributed by atoms with Gasteiger partial charge in [0.05, 0.1) is 12.1 Å². The first kappa shape index (κ1) is 20.1. The molecule has 6 heteroatoms. The van der Waals surface area contributed by atoms with Crippen molar-refractivity contribution in [2.45, 2.75) is 45.3 Å². The maximum absolute atomic E-state index is 13.2. The molecule has 2 aliphatic rings. The van der Waals surface area contributed by atoms with Crippen LogP contribution >= 0.6 is 0 Å². The van der Waals surface area contributed by atoms with Gasteiger partial charge in [-0.2, -0.15) is 0 Å². The second-order valence-electron chi connectivity index (χ2n) is 9.35. The summed E-state index contributed by atoms with van der Waals surface area (Å²) >= 11 is 0. The van der Waals surface area contributed by atoms with Crippen LogP contribution in [-0.4, -0.2) is 40.1 Å². The van der Waals surface area contributed by atoms with Crippen molar-refractivity contribution in [1.82, 2.24) is 15.3 Å². The monoisotopic (exact) mass is 418 g/mol. The van der Waals surface area contributed by atoms with E-state index < -0.39 is 6.10 Å². The maximum atomic E-state index is 13.2. The minimum atomic E-state index is -0.710. The summed E-state index contributed by atoms with van der Waals surface area (Å²) in [7, 11) is 0. The highest BCUT2D eigenvalue weighted by Crippen LogP contribution is 2.56. The molecule has 1 saturated heterocycles. The Morgan fingerprint density at radius 3 is 2.77 bits per heavy atom. The maximum Gasteiger partial charge on any atom is 0.224 e. The molecule has 6 nitrogen and oxygen atoms in total. The largest absolute Gasteiger partial charge is 0.386 e. The van der Waals surface area contributed by atoms with Crippen molar-refractivity contribution >= 4 is 22.6 Å². The van der Waals surface area contributed by atoms with Crippen LogP contribution < -0.4 is 10.2 Å². The lowest BCUT2D eigenvalue weighted by atomic mass is 9.81. The van der Waals surface area contributed by atoms with Crippen LogP contribution in [0.25, 0.3) is 11.0 Å². The van der Waals surface area contributed by atoms with E-state index in [9.17, 15) is 9.90 Å². The number of nitrogens with one attached hydrogen (secondary N) is 2. The van der Waals surface area contributed by atoms with Gasteiger partial charge in [0.1, 0.15) is 5.65 Å². The third-order valence-corrected chi connectivity index (χ3v) is 7.18. The Balaban J connectivity index is 1.27. The molecule has 1 aliphatic carbocycles. The van der Waals surface area contributed by atoms with E-state index in [-0.39, 0.29) is 23.3 Å². The Bertz CT molecular complexity index is 1090. The molecule has 5 rings (SSSR count). The number of aromatic nitrogens is 2. The zero-order valence-corrected chi connectivity index (χ0v) is 18.1. The number of fused-ring (bicyclic) bond motifs is 1. The number of nitrogens with zero attached hydrogens (tertiary/aromatic N) is 2. The summed E-state index contributed by atoms with van der Waals surface area (Å²) in [5.74, 6) is 0.0808. The van der Waals surface area contributed by atoms with Crippen LogP contribution in [0.5, 0.6) is 0 Å². The van der Waals surface area contributed by atoms with Crippen LogP contribution in [0.1, 0.15) is 43.4 Å². The van der Waals surface area contributed by atoms with Crippen molar-refractivity contribution in [3.05, 3.63) is 59.9 Å². The molecule has 2 fully saturated rings. The Morgan fingerprint density at radius 2 is 2.03 bits per heavy atom. The van der Waals surface area contributed by atoms with Gasteiger partial charge in [-0.15, -0.1) is 0 Å². The van der Waals surface area contributed by atoms with Crippen LogP contribution in [0.4, 0.5) is 5.69 Å². The zero-order chi connectivity index (χ0) is 21.6. The first-order valence-corrected chi connectivity index (χ1v) is 11.2. The molecule has 1 spiro atoms. The third kappa shape index (κ3) is 3.69. The van der Waals surface area contributed by atoms with Crippen molar-refractivity contribution in [1.29, 1.82) is 0 Å². The quantitative estimate of drug-likeness (QED) is 0.590. The topological polar surface area (TPSA) is 81.2 Å². The van der Waals surface area contributed by atoms with Gasteiger partial charge in [-0.3, -0.25) is 4.79 Å². The lowest BCUT2D eigenvalue weighted by Crippen LogP contribution is -2.50. The minimum Gasteiger partial charge on any atom is -0.386 e. The number of amides is 1. The average Bonchev–Trinajstić information content (AvgIpc) is 3.34. The van der Waals surface area contributed by atoms with Crippen molar-refractivity contribution in [3.63, 3.8) is 0 Å². The van der Waals surface area contributed by atoms with Gasteiger partial charge in [-0.05, 0) is 56.2 Å². The number of aliphatic hydroxyl groups is 1. The van der Waals surface area contributed by atoms with E-state index in [4.69, 9.17) is 0 Å². The summed E-state index contributed by atoms with van der Waals surface area (Å²) in [6.07, 6.45) is 6.05. The van der Waals surface area contributed by atoms with E-state index in [0.717, 1.165) is 54.5 Å². The van der Waals surface area contributed by atoms with Gasteiger partial charge in [-0.1, -0.05) is 29.8 Å². The minimum absolute atomic E-state index is 0.0000272. The Morgan fingerprint density at radius 1 is 1.26 bits per heavy atom. The SMILES string of the molecule is Cc1ccc([C@H](O)[C@H](C)NC(=O)[C@H]2CCN(c3ccnc4[nH]ccc34)CC23CC3)cc1. The van der Waals surface area contributed by atoms with Crippen LogP contribution in [0, 0.1) is 18.3 Å². The summed E-state index contributed by atoms with van der Waals surface area (Å²) in [5, 5.41) is 15.0. The summed E-state index contributed by atoms with van der Waals surface area (Å²) in [5.41, 5.74) is 4.13. The van der Waals surface area contributed by atoms with E-state index >= 15 is 0 Å². The van der Waals surface area contributed by atoms with E-state index in [1.807, 2.05) is 50.5 Å². The molecule has 3 aromatic rings. The Kier molecular flexibility index (Phi) is 4.97. The van der Waals surface area contributed by atoms with Gasteiger partial charge >= 0.3 is 0 Å². The molecule has 0 unspecified atom stereocenters. The third-order valence-electron chi connectivity index (χ3n) is 7.18. The predicted octanol–water partition coefficient (Wildman–Crippen LogP) is 3.72. The summed E-state index contributed by atoms with van der Waals surface area (Å²) in [6, 6.07) is 11.7. The van der Waals surface area contributed by atoms with Gasteiger partial charge < -0.3 is 20.3 Å². The second-order valence-corrected chi connectivity index (χ2v) is 9.35. The number of aromatic amines is 1. The van der Waals surface area contributed by atoms with E-state index in [2.05, 4.69) is 32.3 Å². The summed E-state index contributed by atoms with van der Waals surface area (Å²) in [6.45, 7) is 5.65. The van der Waals surface area contributed by atoms with Gasteiger partial charge in [0, 0.05) is 42.5 Å². The molecular formula is C25H30N4O2. The number of anilines is 1. The van der Waals surface area contributed by atoms with Crippen LogP contribution in [-0.2, 0) is 4.79 Å². The standard InChI is InChI=1S/C25H30N4O2/c1-16-3-5-18(6-4-16)22(30)17(2)28-24(31)20-9-14-29(15-25(20)10-11-25)21-8-13-27-23-19(21)7-12-26-23/h3-8,12-13,17,20,22,30H,9-11,14-15H2,1-2H3,(H,26,27)(H,28,31)/t17-,20+,22+/m0/s1. The van der Waals surface area contributed by atoms with Crippen LogP contribution in [0.15, 0.2) is 48.8 Å². The molecule has 3 heterocycles. The fourth-order valence-corrected chi connectivity index (χ4v) is 5.12. The van der Waals surface area contributed by atoms with Crippen molar-refractivity contribution < 1.29 is 9.90 Å². The second kappa shape index (κ2) is 7.68. The smallest absolute Gasteiger partial charge is 0.224 e. The zero-order valence-electron chi connectivity index (χ0n) is 18.1. The molecule has 1 aromatic carbocycles. The van der Waals surface area contributed by atoms with Gasteiger partial charge in [0.2, 0.25) is 5.91 Å². The highest BCUT2D eigenvalue weighted by molar-refractivity contribution is 5.90. The van der Waals surface area contributed by atoms with Crippen molar-refractivity contribution in [3.8, 4) is 0 Å². The molecule has 0 bridgehead atoms. The van der Waals surface area contributed by atoms with E-state index in [0.29, 0.717) is 0 Å². The van der Waals surface area contributed by atoms with Crippen LogP contribution in [0.3, 0.4) is 0 Å². The number of hydrogen-bond acceptors (Lipinski definition) is 4. The number of aliphatic hydroxyl groups excluding tert-OH is 1. The fraction of sp³-hybridized carbons (Fsp3) is 0.440. The Labute approximate surface area is 182 Å². The molecule has 1 amide bonds. The number of benzene rings is 1. The number of piperidine rings is 1. The predicted molar refractivity (Wildman–Crippen MR) is 122 cm³/mol. The normalized spacial score (nSPS) is 21.8. The lowest BCUT2D eigenvalue weighted by molar-refractivity contribution is -0.129. The number of rotatable bonds is 5. The highest BCUT2D eigenvalue weighted by Gasteiger charge is 2.55. The van der Waals surface area contributed by atoms with E-state index in [1.54, 1.807) is 0 Å².